The van der Waals surface area contributed by atoms with E-state index in [1.807, 2.05) is 0 Å². The first kappa shape index (κ1) is 38.1. The average molecular weight is 726 g/mol. The number of cyclic esters (lactones) is 3. The Hall–Kier alpha value is -6.72. The molecule has 3 aromatic carbocycles. The van der Waals surface area contributed by atoms with Crippen molar-refractivity contribution in [2.45, 2.75) is 44.3 Å². The Labute approximate surface area is 294 Å². The summed E-state index contributed by atoms with van der Waals surface area (Å²) in [7, 11) is 0. The second-order valence-corrected chi connectivity index (χ2v) is 12.5. The fraction of sp³-hybridized carbons (Fsp3) is 0.294. The highest BCUT2D eigenvalue weighted by Gasteiger charge is 2.35. The SMILES string of the molecule is CC(C)(C)c1cc(O)c(O)c(C(=O)N[C@H]2COC(=O)[C@@H](NC(=O)c3cccc(O)c3O)COC(=O)[C@@H](NC(=O)c3cccc(O)c3O)COC2=O)c1. The molecule has 1 aliphatic rings. The Morgan fingerprint density at radius 2 is 0.904 bits per heavy atom. The number of phenols is 6. The number of ether oxygens (including phenoxy) is 3. The van der Waals surface area contributed by atoms with Gasteiger partial charge < -0.3 is 60.8 Å². The fourth-order valence-corrected chi connectivity index (χ4v) is 4.67. The lowest BCUT2D eigenvalue weighted by Gasteiger charge is -2.25. The highest BCUT2D eigenvalue weighted by atomic mass is 16.6. The summed E-state index contributed by atoms with van der Waals surface area (Å²) in [6.07, 6.45) is 0. The zero-order valence-corrected chi connectivity index (χ0v) is 27.8. The number of esters is 3. The second kappa shape index (κ2) is 15.4. The van der Waals surface area contributed by atoms with Gasteiger partial charge in [0, 0.05) is 0 Å². The molecule has 52 heavy (non-hydrogen) atoms. The maximum absolute atomic E-state index is 13.4. The monoisotopic (exact) mass is 725 g/mol. The van der Waals surface area contributed by atoms with Gasteiger partial charge in [0.15, 0.2) is 52.6 Å². The van der Waals surface area contributed by atoms with Gasteiger partial charge in [0.25, 0.3) is 17.7 Å². The molecule has 3 atom stereocenters. The van der Waals surface area contributed by atoms with Crippen molar-refractivity contribution in [3.05, 3.63) is 70.8 Å². The van der Waals surface area contributed by atoms with Crippen LogP contribution in [0.3, 0.4) is 0 Å². The van der Waals surface area contributed by atoms with Gasteiger partial charge in [-0.15, -0.1) is 0 Å². The Morgan fingerprint density at radius 1 is 0.558 bits per heavy atom. The summed E-state index contributed by atoms with van der Waals surface area (Å²) >= 11 is 0. The summed E-state index contributed by atoms with van der Waals surface area (Å²) in [6, 6.07) is 3.75. The van der Waals surface area contributed by atoms with Gasteiger partial charge in [-0.25, -0.2) is 14.4 Å². The van der Waals surface area contributed by atoms with Gasteiger partial charge in [-0.1, -0.05) is 32.9 Å². The highest BCUT2D eigenvalue weighted by Crippen LogP contribution is 2.35. The molecule has 1 fully saturated rings. The molecule has 3 aromatic rings. The van der Waals surface area contributed by atoms with Crippen LogP contribution in [0.5, 0.6) is 34.5 Å². The van der Waals surface area contributed by atoms with Gasteiger partial charge in [0.1, 0.15) is 19.8 Å². The van der Waals surface area contributed by atoms with Crippen LogP contribution in [0.25, 0.3) is 0 Å². The first-order chi connectivity index (χ1) is 24.4. The lowest BCUT2D eigenvalue weighted by molar-refractivity contribution is -0.160. The van der Waals surface area contributed by atoms with Crippen molar-refractivity contribution in [2.75, 3.05) is 19.8 Å². The van der Waals surface area contributed by atoms with E-state index in [1.54, 1.807) is 20.8 Å². The van der Waals surface area contributed by atoms with Crippen molar-refractivity contribution in [2.24, 2.45) is 0 Å². The molecule has 0 aromatic heterocycles. The van der Waals surface area contributed by atoms with Gasteiger partial charge in [-0.3, -0.25) is 14.4 Å². The number of nitrogens with one attached hydrogen (secondary N) is 3. The van der Waals surface area contributed by atoms with E-state index in [4.69, 9.17) is 14.2 Å². The number of carbonyl (C=O) groups excluding carboxylic acids is 6. The molecular weight excluding hydrogens is 690 g/mol. The normalized spacial score (nSPS) is 18.4. The third kappa shape index (κ3) is 8.70. The van der Waals surface area contributed by atoms with Gasteiger partial charge >= 0.3 is 17.9 Å². The zero-order valence-electron chi connectivity index (χ0n) is 27.8. The average Bonchev–Trinajstić information content (AvgIpc) is 3.08. The van der Waals surface area contributed by atoms with E-state index in [2.05, 4.69) is 16.0 Å². The van der Waals surface area contributed by atoms with Crippen LogP contribution in [0, 0.1) is 0 Å². The summed E-state index contributed by atoms with van der Waals surface area (Å²) in [5.74, 6) is -11.9. The Kier molecular flexibility index (Phi) is 11.3. The summed E-state index contributed by atoms with van der Waals surface area (Å²) in [6.45, 7) is 2.43. The van der Waals surface area contributed by atoms with Gasteiger partial charge in [0.2, 0.25) is 0 Å². The Bertz CT molecular complexity index is 1860. The minimum absolute atomic E-state index is 0.423. The topological polar surface area (TPSA) is 288 Å². The van der Waals surface area contributed by atoms with Crippen LogP contribution in [0.15, 0.2) is 48.5 Å². The molecule has 4 rings (SSSR count). The largest absolute Gasteiger partial charge is 0.504 e. The molecule has 0 spiro atoms. The molecule has 276 valence electrons. The number of rotatable bonds is 6. The molecule has 0 saturated carbocycles. The van der Waals surface area contributed by atoms with Crippen molar-refractivity contribution in [3.8, 4) is 34.5 Å². The van der Waals surface area contributed by atoms with Crippen molar-refractivity contribution < 1.29 is 73.6 Å². The molecule has 1 heterocycles. The van der Waals surface area contributed by atoms with Crippen LogP contribution < -0.4 is 16.0 Å². The molecular formula is C34H35N3O15. The lowest BCUT2D eigenvalue weighted by Crippen LogP contribution is -2.52. The van der Waals surface area contributed by atoms with E-state index in [0.29, 0.717) is 5.56 Å². The molecule has 18 heteroatoms. The van der Waals surface area contributed by atoms with Crippen LogP contribution in [0.2, 0.25) is 0 Å². The quantitative estimate of drug-likeness (QED) is 0.0953. The predicted octanol–water partition coefficient (Wildman–Crippen LogP) is 0.556. The Morgan fingerprint density at radius 3 is 1.27 bits per heavy atom. The van der Waals surface area contributed by atoms with Crippen LogP contribution in [-0.2, 0) is 34.0 Å². The van der Waals surface area contributed by atoms with Crippen LogP contribution in [0.1, 0.15) is 57.4 Å². The van der Waals surface area contributed by atoms with E-state index >= 15 is 0 Å². The zero-order chi connectivity index (χ0) is 38.5. The van der Waals surface area contributed by atoms with Crippen LogP contribution in [0.4, 0.5) is 0 Å². The first-order valence-corrected chi connectivity index (χ1v) is 15.4. The smallest absolute Gasteiger partial charge is 0.332 e. The summed E-state index contributed by atoms with van der Waals surface area (Å²) in [5, 5.41) is 67.2. The molecule has 1 aliphatic heterocycles. The molecule has 9 N–H and O–H groups in total. The van der Waals surface area contributed by atoms with E-state index in [0.717, 1.165) is 24.3 Å². The molecule has 3 amide bonds. The highest BCUT2D eigenvalue weighted by molar-refractivity contribution is 6.02. The molecule has 0 bridgehead atoms. The summed E-state index contributed by atoms with van der Waals surface area (Å²) in [5.41, 5.74) is -1.64. The standard InChI is InChI=1S/C34H35N3O15/c1-34(2,3)15-10-18(27(43)24(40)11-15)30(46)37-21-14-52-32(48)19(35-28(44)16-6-4-8-22(38)25(16)41)12-50-31(47)20(13-51-33(21)49)36-29(45)17-7-5-9-23(39)26(17)42/h4-11,19-21,38-43H,12-14H2,1-3H3,(H,35,44)(H,36,45)(H,37,46)/t19-,20-,21-/m0/s1. The minimum atomic E-state index is -1.86. The number of aromatic hydroxyl groups is 6. The molecule has 0 radical (unpaired) electrons. The summed E-state index contributed by atoms with van der Waals surface area (Å²) < 4.78 is 15.5. The van der Waals surface area contributed by atoms with E-state index < -0.39 is 130 Å². The molecule has 0 unspecified atom stereocenters. The molecule has 0 aliphatic carbocycles. The maximum atomic E-state index is 13.4. The van der Waals surface area contributed by atoms with E-state index in [1.165, 1.54) is 24.3 Å². The first-order valence-electron chi connectivity index (χ1n) is 15.4. The number of hydrogen-bond donors (Lipinski definition) is 9. The van der Waals surface area contributed by atoms with Crippen molar-refractivity contribution >= 4 is 35.6 Å². The number of hydrogen-bond acceptors (Lipinski definition) is 15. The van der Waals surface area contributed by atoms with Crippen molar-refractivity contribution in [1.82, 2.24) is 16.0 Å². The van der Waals surface area contributed by atoms with Gasteiger partial charge in [-0.05, 0) is 47.4 Å². The van der Waals surface area contributed by atoms with Crippen molar-refractivity contribution in [3.63, 3.8) is 0 Å². The number of amides is 3. The predicted molar refractivity (Wildman–Crippen MR) is 175 cm³/mol. The number of para-hydroxylation sites is 2. The number of benzene rings is 3. The maximum Gasteiger partial charge on any atom is 0.332 e. The Balaban J connectivity index is 1.66. The molecule has 18 nitrogen and oxygen atoms in total. The number of phenolic OH excluding ortho intramolecular Hbond substituents is 6. The molecule has 1 saturated heterocycles. The lowest BCUT2D eigenvalue weighted by atomic mass is 9.85. The van der Waals surface area contributed by atoms with Gasteiger partial charge in [0.05, 0.1) is 16.7 Å². The minimum Gasteiger partial charge on any atom is -0.504 e. The van der Waals surface area contributed by atoms with Crippen molar-refractivity contribution in [1.29, 1.82) is 0 Å². The summed E-state index contributed by atoms with van der Waals surface area (Å²) in [4.78, 5) is 79.1. The second-order valence-electron chi connectivity index (χ2n) is 12.5. The van der Waals surface area contributed by atoms with Gasteiger partial charge in [-0.2, -0.15) is 0 Å². The third-order valence-electron chi connectivity index (χ3n) is 7.67. The van der Waals surface area contributed by atoms with E-state index in [9.17, 15) is 59.4 Å². The van der Waals surface area contributed by atoms with Crippen LogP contribution in [-0.4, -0.2) is 104 Å². The third-order valence-corrected chi connectivity index (χ3v) is 7.67. The van der Waals surface area contributed by atoms with E-state index in [-0.39, 0.29) is 0 Å². The van der Waals surface area contributed by atoms with Crippen LogP contribution >= 0.6 is 0 Å². The fourth-order valence-electron chi connectivity index (χ4n) is 4.67. The number of carbonyl (C=O) groups is 6.